The van der Waals surface area contributed by atoms with Gasteiger partial charge in [0, 0.05) is 9.64 Å². The number of hydrogen-bond acceptors (Lipinski definition) is 8. The minimum absolute atomic E-state index is 0.203. The molecule has 0 atom stereocenters. The standard InChI is InChI=1S/C17H22IN5O3/c1-25-13-9-12(11(18)8-10(13)14(24)26-2)23-16(20)21-15(19)22-17(23)6-4-3-5-7-17/h8-9H,3-7H2,1-2H3,(H4,19,20,21,22). The Morgan fingerprint density at radius 2 is 1.92 bits per heavy atom. The number of halogens is 1. The van der Waals surface area contributed by atoms with Gasteiger partial charge in [0.05, 0.1) is 19.9 Å². The Labute approximate surface area is 165 Å². The summed E-state index contributed by atoms with van der Waals surface area (Å²) in [4.78, 5) is 22.8. The van der Waals surface area contributed by atoms with Gasteiger partial charge in [-0.3, -0.25) is 4.90 Å². The van der Waals surface area contributed by atoms with E-state index in [1.165, 1.54) is 14.2 Å². The fourth-order valence-corrected chi connectivity index (χ4v) is 4.33. The van der Waals surface area contributed by atoms with Gasteiger partial charge in [-0.05, 0) is 54.3 Å². The first kappa shape index (κ1) is 18.7. The van der Waals surface area contributed by atoms with Crippen LogP contribution in [-0.4, -0.2) is 37.8 Å². The molecule has 1 aliphatic carbocycles. The SMILES string of the molecule is COC(=O)c1cc(I)c(N2C(N)=NC(N)=NC23CCCCC3)cc1OC. The molecule has 3 rings (SSSR count). The normalized spacial score (nSPS) is 19.0. The maximum absolute atomic E-state index is 12.0. The summed E-state index contributed by atoms with van der Waals surface area (Å²) < 4.78 is 11.1. The molecule has 1 aromatic rings. The molecular weight excluding hydrogens is 449 g/mol. The van der Waals surface area contributed by atoms with Gasteiger partial charge in [-0.1, -0.05) is 6.42 Å². The first-order chi connectivity index (χ1) is 12.4. The number of aliphatic imine (C=N–C) groups is 2. The van der Waals surface area contributed by atoms with E-state index < -0.39 is 11.6 Å². The molecule has 140 valence electrons. The number of carbonyl (C=O) groups is 1. The Kier molecular flexibility index (Phi) is 5.26. The van der Waals surface area contributed by atoms with Gasteiger partial charge >= 0.3 is 5.97 Å². The van der Waals surface area contributed by atoms with Gasteiger partial charge in [-0.2, -0.15) is 4.99 Å². The van der Waals surface area contributed by atoms with Crippen LogP contribution in [0.15, 0.2) is 22.1 Å². The highest BCUT2D eigenvalue weighted by molar-refractivity contribution is 14.1. The summed E-state index contributed by atoms with van der Waals surface area (Å²) in [6, 6.07) is 3.51. The van der Waals surface area contributed by atoms with E-state index in [0.717, 1.165) is 41.4 Å². The number of esters is 1. The Morgan fingerprint density at radius 3 is 2.54 bits per heavy atom. The first-order valence-electron chi connectivity index (χ1n) is 8.37. The maximum Gasteiger partial charge on any atom is 0.341 e. The number of ether oxygens (including phenoxy) is 2. The van der Waals surface area contributed by atoms with Crippen LogP contribution in [0.25, 0.3) is 0 Å². The molecule has 1 aromatic carbocycles. The number of hydrogen-bond donors (Lipinski definition) is 2. The highest BCUT2D eigenvalue weighted by Crippen LogP contribution is 2.42. The molecule has 1 aliphatic heterocycles. The summed E-state index contributed by atoms with van der Waals surface area (Å²) in [7, 11) is 2.85. The van der Waals surface area contributed by atoms with Crippen molar-refractivity contribution in [1.29, 1.82) is 0 Å². The van der Waals surface area contributed by atoms with Gasteiger partial charge in [0.2, 0.25) is 11.9 Å². The smallest absolute Gasteiger partial charge is 0.341 e. The quantitative estimate of drug-likeness (QED) is 0.516. The van der Waals surface area contributed by atoms with Crippen LogP contribution in [0.2, 0.25) is 0 Å². The van der Waals surface area contributed by atoms with Crippen LogP contribution in [-0.2, 0) is 4.74 Å². The zero-order chi connectivity index (χ0) is 18.9. The van der Waals surface area contributed by atoms with Crippen molar-refractivity contribution >= 4 is 46.2 Å². The van der Waals surface area contributed by atoms with Crippen molar-refractivity contribution in [3.63, 3.8) is 0 Å². The van der Waals surface area contributed by atoms with Gasteiger partial charge < -0.3 is 20.9 Å². The minimum Gasteiger partial charge on any atom is -0.496 e. The molecule has 0 radical (unpaired) electrons. The van der Waals surface area contributed by atoms with E-state index in [2.05, 4.69) is 32.6 Å². The molecule has 2 aliphatic rings. The highest BCUT2D eigenvalue weighted by atomic mass is 127. The third kappa shape index (κ3) is 3.19. The molecule has 1 spiro atoms. The summed E-state index contributed by atoms with van der Waals surface area (Å²) >= 11 is 2.17. The van der Waals surface area contributed by atoms with E-state index in [9.17, 15) is 4.79 Å². The van der Waals surface area contributed by atoms with Crippen LogP contribution in [0.4, 0.5) is 5.69 Å². The molecule has 9 heteroatoms. The minimum atomic E-state index is -0.550. The monoisotopic (exact) mass is 471 g/mol. The molecule has 0 unspecified atom stereocenters. The molecule has 26 heavy (non-hydrogen) atoms. The van der Waals surface area contributed by atoms with Crippen LogP contribution in [0.5, 0.6) is 5.75 Å². The Morgan fingerprint density at radius 1 is 1.23 bits per heavy atom. The third-order valence-corrected chi connectivity index (χ3v) is 5.63. The number of nitrogens with zero attached hydrogens (tertiary/aromatic N) is 3. The zero-order valence-electron chi connectivity index (χ0n) is 14.8. The van der Waals surface area contributed by atoms with E-state index in [1.54, 1.807) is 12.1 Å². The highest BCUT2D eigenvalue weighted by Gasteiger charge is 2.43. The van der Waals surface area contributed by atoms with Crippen molar-refractivity contribution in [3.8, 4) is 5.75 Å². The lowest BCUT2D eigenvalue weighted by Crippen LogP contribution is -2.58. The number of carbonyl (C=O) groups excluding carboxylic acids is 1. The van der Waals surface area contributed by atoms with Crippen molar-refractivity contribution in [2.24, 2.45) is 21.5 Å². The average Bonchev–Trinajstić information content (AvgIpc) is 2.62. The number of methoxy groups -OCH3 is 2. The second-order valence-corrected chi connectivity index (χ2v) is 7.48. The largest absolute Gasteiger partial charge is 0.496 e. The Hall–Kier alpha value is -2.04. The average molecular weight is 471 g/mol. The lowest BCUT2D eigenvalue weighted by Gasteiger charge is -2.46. The van der Waals surface area contributed by atoms with Crippen molar-refractivity contribution in [2.45, 2.75) is 37.8 Å². The lowest BCUT2D eigenvalue weighted by molar-refractivity contribution is 0.0597. The molecule has 4 N–H and O–H groups in total. The summed E-state index contributed by atoms with van der Waals surface area (Å²) in [5.41, 5.74) is 12.8. The molecule has 1 saturated carbocycles. The second-order valence-electron chi connectivity index (χ2n) is 6.31. The zero-order valence-corrected chi connectivity index (χ0v) is 16.9. The molecule has 0 amide bonds. The molecular formula is C17H22IN5O3. The van der Waals surface area contributed by atoms with Crippen molar-refractivity contribution in [2.75, 3.05) is 19.1 Å². The number of anilines is 1. The van der Waals surface area contributed by atoms with Gasteiger partial charge in [0.25, 0.3) is 0 Å². The van der Waals surface area contributed by atoms with Gasteiger partial charge in [-0.15, -0.1) is 0 Å². The molecule has 1 fully saturated rings. The predicted molar refractivity (Wildman–Crippen MR) is 109 cm³/mol. The van der Waals surface area contributed by atoms with Crippen molar-refractivity contribution < 1.29 is 14.3 Å². The maximum atomic E-state index is 12.0. The predicted octanol–water partition coefficient (Wildman–Crippen LogP) is 2.20. The van der Waals surface area contributed by atoms with Crippen LogP contribution in [0.3, 0.4) is 0 Å². The lowest BCUT2D eigenvalue weighted by atomic mass is 9.87. The summed E-state index contributed by atoms with van der Waals surface area (Å²) in [5.74, 6) is 0.453. The van der Waals surface area contributed by atoms with E-state index in [0.29, 0.717) is 17.3 Å². The Balaban J connectivity index is 2.14. The van der Waals surface area contributed by atoms with Crippen LogP contribution < -0.4 is 21.1 Å². The van der Waals surface area contributed by atoms with Crippen molar-refractivity contribution in [3.05, 3.63) is 21.3 Å². The molecule has 1 heterocycles. The van der Waals surface area contributed by atoms with Crippen molar-refractivity contribution in [1.82, 2.24) is 0 Å². The van der Waals surface area contributed by atoms with Crippen LogP contribution in [0, 0.1) is 3.57 Å². The fourth-order valence-electron chi connectivity index (χ4n) is 3.62. The number of rotatable bonds is 3. The van der Waals surface area contributed by atoms with Gasteiger partial charge in [0.15, 0.2) is 0 Å². The third-order valence-electron chi connectivity index (χ3n) is 4.77. The summed E-state index contributed by atoms with van der Waals surface area (Å²) in [6.07, 6.45) is 4.90. The number of nitrogens with two attached hydrogens (primary N) is 2. The Bertz CT molecular complexity index is 787. The van der Waals surface area contributed by atoms with Crippen LogP contribution >= 0.6 is 22.6 Å². The summed E-state index contributed by atoms with van der Waals surface area (Å²) in [5, 5.41) is 0. The van der Waals surface area contributed by atoms with Crippen LogP contribution in [0.1, 0.15) is 42.5 Å². The number of benzene rings is 1. The topological polar surface area (TPSA) is 116 Å². The van der Waals surface area contributed by atoms with E-state index in [1.807, 2.05) is 4.90 Å². The molecule has 0 saturated heterocycles. The van der Waals surface area contributed by atoms with Gasteiger partial charge in [0.1, 0.15) is 17.0 Å². The number of guanidine groups is 2. The molecule has 0 bridgehead atoms. The molecule has 8 nitrogen and oxygen atoms in total. The van der Waals surface area contributed by atoms with Gasteiger partial charge in [-0.25, -0.2) is 9.79 Å². The fraction of sp³-hybridized carbons (Fsp3) is 0.471. The molecule has 0 aromatic heterocycles. The second kappa shape index (κ2) is 7.29. The first-order valence-corrected chi connectivity index (χ1v) is 9.45. The van der Waals surface area contributed by atoms with E-state index in [-0.39, 0.29) is 5.96 Å². The van der Waals surface area contributed by atoms with E-state index in [4.69, 9.17) is 20.9 Å². The van der Waals surface area contributed by atoms with E-state index >= 15 is 0 Å². The summed E-state index contributed by atoms with van der Waals surface area (Å²) in [6.45, 7) is 0.